The van der Waals surface area contributed by atoms with Crippen LogP contribution in [0.15, 0.2) is 36.9 Å². The van der Waals surface area contributed by atoms with E-state index in [2.05, 4.69) is 15.0 Å². The molecule has 2 aromatic heterocycles. The maximum absolute atomic E-state index is 13.0. The third-order valence-electron chi connectivity index (χ3n) is 6.22. The molecule has 1 aliphatic heterocycles. The van der Waals surface area contributed by atoms with Crippen LogP contribution < -0.4 is 5.73 Å². The summed E-state index contributed by atoms with van der Waals surface area (Å²) in [5.41, 5.74) is 7.16. The summed E-state index contributed by atoms with van der Waals surface area (Å²) in [5, 5.41) is 0. The number of hydrogen-bond acceptors (Lipinski definition) is 9. The molecule has 38 heavy (non-hydrogen) atoms. The summed E-state index contributed by atoms with van der Waals surface area (Å²) in [7, 11) is 1.59. The maximum atomic E-state index is 13.0. The summed E-state index contributed by atoms with van der Waals surface area (Å²) in [6, 6.07) is 6.76. The summed E-state index contributed by atoms with van der Waals surface area (Å²) in [5.74, 6) is -0.325. The number of methoxy groups -OCH3 is 1. The monoisotopic (exact) mass is 523 g/mol. The SMILES string of the molecule is COC(CCn1cnc2c(N)ncnc21)CN(CCCN1C(=O)c2ccccc2C1=O)C(=O)OC(C)(C)C. The molecular weight excluding hydrogens is 490 g/mol. The summed E-state index contributed by atoms with van der Waals surface area (Å²) >= 11 is 0. The zero-order valence-electron chi connectivity index (χ0n) is 22.1. The highest BCUT2D eigenvalue weighted by molar-refractivity contribution is 6.21. The van der Waals surface area contributed by atoms with Crippen LogP contribution in [-0.2, 0) is 16.0 Å². The molecule has 202 valence electrons. The Labute approximate surface area is 220 Å². The summed E-state index contributed by atoms with van der Waals surface area (Å²) < 4.78 is 13.2. The molecule has 0 saturated carbocycles. The number of carbonyl (C=O) groups excluding carboxylic acids is 3. The Bertz CT molecular complexity index is 1300. The zero-order chi connectivity index (χ0) is 27.4. The number of nitrogen functional groups attached to an aromatic ring is 1. The number of aryl methyl sites for hydroxylation is 1. The lowest BCUT2D eigenvalue weighted by Gasteiger charge is -2.30. The van der Waals surface area contributed by atoms with Gasteiger partial charge in [0, 0.05) is 26.7 Å². The molecule has 3 heterocycles. The van der Waals surface area contributed by atoms with E-state index < -0.39 is 11.7 Å². The number of imide groups is 1. The summed E-state index contributed by atoms with van der Waals surface area (Å²) in [6.45, 7) is 6.65. The molecule has 4 rings (SSSR count). The number of ether oxygens (including phenoxy) is 2. The van der Waals surface area contributed by atoms with Crippen molar-refractivity contribution in [3.05, 3.63) is 48.0 Å². The van der Waals surface area contributed by atoms with Crippen LogP contribution >= 0.6 is 0 Å². The Balaban J connectivity index is 1.40. The largest absolute Gasteiger partial charge is 0.444 e. The molecule has 0 bridgehead atoms. The van der Waals surface area contributed by atoms with Gasteiger partial charge in [-0.15, -0.1) is 0 Å². The van der Waals surface area contributed by atoms with Gasteiger partial charge in [0.15, 0.2) is 11.5 Å². The molecule has 1 aromatic carbocycles. The van der Waals surface area contributed by atoms with Gasteiger partial charge in [-0.1, -0.05) is 12.1 Å². The quantitative estimate of drug-likeness (QED) is 0.396. The standard InChI is InChI=1S/C26H33N7O5/c1-26(2,3)38-25(36)31(11-7-12-33-23(34)18-8-5-6-9-19(18)24(33)35)14-17(37-4)10-13-32-16-30-20-21(27)28-15-29-22(20)32/h5-6,8-9,15-17H,7,10-14H2,1-4H3,(H2,27,28,29). The molecule has 3 aromatic rings. The van der Waals surface area contributed by atoms with Crippen LogP contribution in [0.5, 0.6) is 0 Å². The fourth-order valence-corrected chi connectivity index (χ4v) is 4.32. The van der Waals surface area contributed by atoms with Gasteiger partial charge in [-0.2, -0.15) is 0 Å². The van der Waals surface area contributed by atoms with Gasteiger partial charge in [-0.3, -0.25) is 14.5 Å². The highest BCUT2D eigenvalue weighted by Gasteiger charge is 2.35. The number of rotatable bonds is 10. The van der Waals surface area contributed by atoms with Crippen LogP contribution in [0, 0.1) is 0 Å². The minimum atomic E-state index is -0.685. The van der Waals surface area contributed by atoms with E-state index >= 15 is 0 Å². The maximum Gasteiger partial charge on any atom is 0.410 e. The predicted molar refractivity (Wildman–Crippen MR) is 139 cm³/mol. The molecule has 1 unspecified atom stereocenters. The smallest absolute Gasteiger partial charge is 0.410 e. The van der Waals surface area contributed by atoms with Crippen molar-refractivity contribution in [1.82, 2.24) is 29.3 Å². The second kappa shape index (κ2) is 11.1. The van der Waals surface area contributed by atoms with Crippen LogP contribution in [-0.4, -0.2) is 85.7 Å². The number of aromatic nitrogens is 4. The van der Waals surface area contributed by atoms with E-state index in [9.17, 15) is 14.4 Å². The van der Waals surface area contributed by atoms with Crippen LogP contribution in [0.1, 0.15) is 54.3 Å². The van der Waals surface area contributed by atoms with Crippen LogP contribution in [0.2, 0.25) is 0 Å². The fourth-order valence-electron chi connectivity index (χ4n) is 4.32. The molecule has 3 amide bonds. The number of carbonyl (C=O) groups is 3. The Morgan fingerprint density at radius 2 is 1.76 bits per heavy atom. The first-order chi connectivity index (χ1) is 18.1. The second-order valence-electron chi connectivity index (χ2n) is 10.1. The summed E-state index contributed by atoms with van der Waals surface area (Å²) in [6.07, 6.45) is 3.18. The molecule has 12 nitrogen and oxygen atoms in total. The van der Waals surface area contributed by atoms with E-state index in [1.807, 2.05) is 4.57 Å². The zero-order valence-corrected chi connectivity index (χ0v) is 22.1. The van der Waals surface area contributed by atoms with E-state index in [1.54, 1.807) is 63.4 Å². The Morgan fingerprint density at radius 3 is 2.39 bits per heavy atom. The topological polar surface area (TPSA) is 146 Å². The number of imidazole rings is 1. The van der Waals surface area contributed by atoms with Gasteiger partial charge in [0.2, 0.25) is 0 Å². The van der Waals surface area contributed by atoms with Gasteiger partial charge in [-0.25, -0.2) is 19.7 Å². The number of anilines is 1. The van der Waals surface area contributed by atoms with Crippen LogP contribution in [0.4, 0.5) is 10.6 Å². The molecule has 2 N–H and O–H groups in total. The van der Waals surface area contributed by atoms with Crippen molar-refractivity contribution in [3.8, 4) is 0 Å². The first kappa shape index (κ1) is 27.0. The number of hydrogen-bond donors (Lipinski definition) is 1. The molecule has 0 saturated heterocycles. The van der Waals surface area contributed by atoms with Gasteiger partial charge >= 0.3 is 6.09 Å². The van der Waals surface area contributed by atoms with E-state index in [1.165, 1.54) is 11.2 Å². The van der Waals surface area contributed by atoms with Gasteiger partial charge in [0.1, 0.15) is 17.4 Å². The molecule has 1 atom stereocenters. The van der Waals surface area contributed by atoms with Crippen LogP contribution in [0.25, 0.3) is 11.2 Å². The summed E-state index contributed by atoms with van der Waals surface area (Å²) in [4.78, 5) is 53.7. The highest BCUT2D eigenvalue weighted by Crippen LogP contribution is 2.23. The Morgan fingerprint density at radius 1 is 1.08 bits per heavy atom. The van der Waals surface area contributed by atoms with Gasteiger partial charge in [0.05, 0.1) is 30.1 Å². The minimum absolute atomic E-state index is 0.186. The van der Waals surface area contributed by atoms with Gasteiger partial charge in [-0.05, 0) is 45.7 Å². The normalized spacial score (nSPS) is 14.2. The van der Waals surface area contributed by atoms with E-state index in [0.29, 0.717) is 47.5 Å². The molecular formula is C26H33N7O5. The number of benzene rings is 1. The van der Waals surface area contributed by atoms with Gasteiger partial charge < -0.3 is 24.7 Å². The molecule has 0 aliphatic carbocycles. The third kappa shape index (κ3) is 5.91. The predicted octanol–water partition coefficient (Wildman–Crippen LogP) is 2.74. The van der Waals surface area contributed by atoms with Crippen molar-refractivity contribution < 1.29 is 23.9 Å². The second-order valence-corrected chi connectivity index (χ2v) is 10.1. The lowest BCUT2D eigenvalue weighted by atomic mass is 10.1. The molecule has 0 fully saturated rings. The Kier molecular flexibility index (Phi) is 7.91. The number of fused-ring (bicyclic) bond motifs is 2. The van der Waals surface area contributed by atoms with Crippen molar-refractivity contribution in [2.24, 2.45) is 0 Å². The van der Waals surface area contributed by atoms with Gasteiger partial charge in [0.25, 0.3) is 11.8 Å². The third-order valence-corrected chi connectivity index (χ3v) is 6.22. The van der Waals surface area contributed by atoms with Crippen molar-refractivity contribution in [1.29, 1.82) is 0 Å². The van der Waals surface area contributed by atoms with Crippen molar-refractivity contribution in [3.63, 3.8) is 0 Å². The molecule has 0 spiro atoms. The first-order valence-electron chi connectivity index (χ1n) is 12.5. The van der Waals surface area contributed by atoms with E-state index in [0.717, 1.165) is 0 Å². The average molecular weight is 524 g/mol. The first-order valence-corrected chi connectivity index (χ1v) is 12.5. The van der Waals surface area contributed by atoms with Crippen LogP contribution in [0.3, 0.4) is 0 Å². The lowest BCUT2D eigenvalue weighted by Crippen LogP contribution is -2.43. The lowest BCUT2D eigenvalue weighted by molar-refractivity contribution is 0.00553. The minimum Gasteiger partial charge on any atom is -0.444 e. The number of nitrogens with zero attached hydrogens (tertiary/aromatic N) is 6. The average Bonchev–Trinajstić information content (AvgIpc) is 3.40. The highest BCUT2D eigenvalue weighted by atomic mass is 16.6. The van der Waals surface area contributed by atoms with Crippen molar-refractivity contribution in [2.75, 3.05) is 32.5 Å². The molecule has 0 radical (unpaired) electrons. The fraction of sp³-hybridized carbons (Fsp3) is 0.462. The Hall–Kier alpha value is -4.06. The number of amides is 3. The molecule has 12 heteroatoms. The van der Waals surface area contributed by atoms with E-state index in [4.69, 9.17) is 15.2 Å². The van der Waals surface area contributed by atoms with Crippen molar-refractivity contribution in [2.45, 2.75) is 51.9 Å². The number of nitrogens with two attached hydrogens (primary N) is 1. The van der Waals surface area contributed by atoms with E-state index in [-0.39, 0.29) is 37.6 Å². The molecule has 1 aliphatic rings. The van der Waals surface area contributed by atoms with Crippen molar-refractivity contribution >= 4 is 34.9 Å².